The molecule has 0 aliphatic heterocycles. The lowest BCUT2D eigenvalue weighted by Crippen LogP contribution is -2.51. The molecular formula is C39H66N4O5S. The molecule has 0 heterocycles. The molecule has 5 N–H and O–H groups in total. The maximum Gasteiger partial charge on any atom is 0.408 e. The molecule has 0 aromatic rings. The molecule has 4 saturated carbocycles. The fourth-order valence-corrected chi connectivity index (χ4v) is 11.6. The van der Waals surface area contributed by atoms with Crippen LogP contribution in [0.5, 0.6) is 0 Å². The van der Waals surface area contributed by atoms with Gasteiger partial charge in [0.2, 0.25) is 5.91 Å². The summed E-state index contributed by atoms with van der Waals surface area (Å²) in [6, 6.07) is -0.104. The lowest BCUT2D eigenvalue weighted by Gasteiger charge is -2.58. The normalized spacial score (nSPS) is 36.1. The zero-order valence-electron chi connectivity index (χ0n) is 31.0. The minimum atomic E-state index is -0.475. The van der Waals surface area contributed by atoms with Crippen LogP contribution in [0, 0.1) is 46.3 Å². The predicted octanol–water partition coefficient (Wildman–Crippen LogP) is 8.23. The average Bonchev–Trinajstić information content (AvgIpc) is 3.41. The highest BCUT2D eigenvalue weighted by Gasteiger charge is 2.59. The molecule has 3 unspecified atom stereocenters. The molecule has 5 rings (SSSR count). The van der Waals surface area contributed by atoms with Crippen LogP contribution in [0.4, 0.5) is 9.59 Å². The number of ether oxygens (including phenoxy) is 2. The van der Waals surface area contributed by atoms with Gasteiger partial charge in [-0.3, -0.25) is 10.2 Å². The first-order chi connectivity index (χ1) is 23.4. The quantitative estimate of drug-likeness (QED) is 0.0496. The number of fused-ring (bicyclic) bond motifs is 5. The molecular weight excluding hydrogens is 637 g/mol. The van der Waals surface area contributed by atoms with Crippen molar-refractivity contribution in [3.05, 3.63) is 11.6 Å². The summed E-state index contributed by atoms with van der Waals surface area (Å²) < 4.78 is 11.3. The zero-order chi connectivity index (χ0) is 35.2. The van der Waals surface area contributed by atoms with Crippen LogP contribution in [-0.2, 0) is 14.3 Å². The molecule has 5 aliphatic rings. The summed E-state index contributed by atoms with van der Waals surface area (Å²) in [4.78, 5) is 36.9. The lowest BCUT2D eigenvalue weighted by molar-refractivity contribution is -0.121. The molecule has 0 saturated heterocycles. The number of hydrazine groups is 1. The van der Waals surface area contributed by atoms with Gasteiger partial charge in [-0.25, -0.2) is 15.0 Å². The molecule has 49 heavy (non-hydrogen) atoms. The minimum Gasteiger partial charge on any atom is -0.453 e. The number of hydrogen-bond acceptors (Lipinski definition) is 8. The number of allylic oxidation sites excluding steroid dienone is 1. The zero-order valence-corrected chi connectivity index (χ0v) is 31.8. The van der Waals surface area contributed by atoms with Crippen molar-refractivity contribution < 1.29 is 23.9 Å². The molecule has 0 aromatic heterocycles. The van der Waals surface area contributed by atoms with E-state index >= 15 is 0 Å². The van der Waals surface area contributed by atoms with Crippen molar-refractivity contribution in [1.82, 2.24) is 16.2 Å². The highest BCUT2D eigenvalue weighted by Crippen LogP contribution is 2.67. The van der Waals surface area contributed by atoms with Crippen molar-refractivity contribution in [3.63, 3.8) is 0 Å². The molecule has 0 spiro atoms. The molecule has 5 aliphatic carbocycles. The number of nitrogens with one attached hydrogen (secondary N) is 3. The van der Waals surface area contributed by atoms with Gasteiger partial charge in [-0.1, -0.05) is 72.0 Å². The van der Waals surface area contributed by atoms with E-state index in [-0.39, 0.29) is 48.0 Å². The molecule has 278 valence electrons. The Labute approximate surface area is 300 Å². The maximum absolute atomic E-state index is 12.6. The summed E-state index contributed by atoms with van der Waals surface area (Å²) in [5, 5.41) is 2.31. The Morgan fingerprint density at radius 3 is 2.55 bits per heavy atom. The summed E-state index contributed by atoms with van der Waals surface area (Å²) in [7, 11) is 0. The summed E-state index contributed by atoms with van der Waals surface area (Å²) >= 11 is 0.985. The Bertz CT molecular complexity index is 1180. The van der Waals surface area contributed by atoms with E-state index in [1.807, 2.05) is 0 Å². The van der Waals surface area contributed by atoms with Gasteiger partial charge < -0.3 is 20.5 Å². The van der Waals surface area contributed by atoms with E-state index in [1.165, 1.54) is 56.9 Å². The Morgan fingerprint density at radius 1 is 0.980 bits per heavy atom. The number of thioether (sulfide) groups is 1. The van der Waals surface area contributed by atoms with Gasteiger partial charge in [0.25, 0.3) is 0 Å². The number of carbonyl (C=O) groups excluding carboxylic acids is 3. The van der Waals surface area contributed by atoms with Crippen molar-refractivity contribution in [3.8, 4) is 0 Å². The monoisotopic (exact) mass is 702 g/mol. The molecule has 4 fully saturated rings. The fraction of sp³-hybridized carbons (Fsp3) is 0.872. The maximum atomic E-state index is 12.6. The van der Waals surface area contributed by atoms with Crippen molar-refractivity contribution >= 4 is 29.1 Å². The SMILES string of the molecule is CC(C)CCC[C@@H](C)[C@H]1CCC2C3CC=C4C[C@@H](OC(=O)NCNNC(=O)CCSC(=O)O[C@@H]5CCCC[C@H]5N)CC[C@]4(C)C3CC[C@@]21C. The first kappa shape index (κ1) is 38.5. The van der Waals surface area contributed by atoms with Gasteiger partial charge in [0, 0.05) is 24.6 Å². The third-order valence-corrected chi connectivity index (χ3v) is 14.4. The van der Waals surface area contributed by atoms with Crippen LogP contribution in [0.25, 0.3) is 0 Å². The Hall–Kier alpha value is -1.78. The van der Waals surface area contributed by atoms with Crippen LogP contribution in [0.15, 0.2) is 11.6 Å². The van der Waals surface area contributed by atoms with E-state index in [9.17, 15) is 14.4 Å². The van der Waals surface area contributed by atoms with Crippen LogP contribution >= 0.6 is 11.8 Å². The molecule has 0 radical (unpaired) electrons. The fourth-order valence-electron chi connectivity index (χ4n) is 10.9. The number of carbonyl (C=O) groups is 3. The molecule has 0 bridgehead atoms. The number of nitrogens with two attached hydrogens (primary N) is 1. The summed E-state index contributed by atoms with van der Waals surface area (Å²) in [6.45, 7) is 12.5. The van der Waals surface area contributed by atoms with E-state index in [0.717, 1.165) is 92.2 Å². The molecule has 0 aromatic carbocycles. The van der Waals surface area contributed by atoms with Crippen LogP contribution < -0.4 is 21.9 Å². The summed E-state index contributed by atoms with van der Waals surface area (Å²) in [5.41, 5.74) is 13.5. The van der Waals surface area contributed by atoms with Gasteiger partial charge in [0.1, 0.15) is 12.2 Å². The third-order valence-electron chi connectivity index (χ3n) is 13.6. The summed E-state index contributed by atoms with van der Waals surface area (Å²) in [6.07, 6.45) is 19.2. The third kappa shape index (κ3) is 9.37. The second-order valence-electron chi connectivity index (χ2n) is 17.1. The number of rotatable bonds is 13. The van der Waals surface area contributed by atoms with E-state index in [1.54, 1.807) is 0 Å². The minimum absolute atomic E-state index is 0.0493. The predicted molar refractivity (Wildman–Crippen MR) is 196 cm³/mol. The van der Waals surface area contributed by atoms with E-state index in [4.69, 9.17) is 15.2 Å². The summed E-state index contributed by atoms with van der Waals surface area (Å²) in [5.74, 6) is 4.90. The Morgan fingerprint density at radius 2 is 1.78 bits per heavy atom. The van der Waals surface area contributed by atoms with Gasteiger partial charge in [0.05, 0.1) is 6.67 Å². The molecule has 10 atom stereocenters. The second-order valence-corrected chi connectivity index (χ2v) is 18.1. The standard InChI is InChI=1S/C39H66N4O5S/c1-25(2)9-8-10-26(3)30-15-16-31-29-14-13-27-23-28(17-20-38(27,4)32(29)18-21-39(30,31)5)47-36(45)41-24-42-43-35(44)19-22-49-37(46)48-34-12-7-6-11-33(34)40/h13,25-26,28-34,42H,6-12,14-24,40H2,1-5H3,(H,41,45)(H,43,44)/t26-,28+,29?,30-,31?,32?,33-,34-,38+,39-/m1/s1. The Balaban J connectivity index is 0.999. The molecule has 9 nitrogen and oxygen atoms in total. The number of amides is 2. The van der Waals surface area contributed by atoms with Crippen molar-refractivity contribution in [1.29, 1.82) is 0 Å². The first-order valence-corrected chi connectivity index (χ1v) is 20.6. The lowest BCUT2D eigenvalue weighted by atomic mass is 9.47. The smallest absolute Gasteiger partial charge is 0.408 e. The van der Waals surface area contributed by atoms with Crippen molar-refractivity contribution in [2.24, 2.45) is 52.1 Å². The average molecular weight is 703 g/mol. The van der Waals surface area contributed by atoms with Crippen LogP contribution in [0.3, 0.4) is 0 Å². The van der Waals surface area contributed by atoms with Crippen molar-refractivity contribution in [2.75, 3.05) is 12.4 Å². The topological polar surface area (TPSA) is 132 Å². The van der Waals surface area contributed by atoms with Gasteiger partial charge in [-0.15, -0.1) is 0 Å². The van der Waals surface area contributed by atoms with Gasteiger partial charge in [0.15, 0.2) is 0 Å². The first-order valence-electron chi connectivity index (χ1n) is 19.7. The molecule has 10 heteroatoms. The Kier molecular flexibility index (Phi) is 13.5. The van der Waals surface area contributed by atoms with Crippen LogP contribution in [0.1, 0.15) is 137 Å². The van der Waals surface area contributed by atoms with Gasteiger partial charge in [-0.05, 0) is 122 Å². The van der Waals surface area contributed by atoms with Crippen LogP contribution in [-0.4, -0.2) is 48.0 Å². The number of hydrogen-bond donors (Lipinski definition) is 4. The number of alkyl carbamates (subject to hydrolysis) is 1. The highest BCUT2D eigenvalue weighted by atomic mass is 32.2. The van der Waals surface area contributed by atoms with Crippen LogP contribution in [0.2, 0.25) is 0 Å². The highest BCUT2D eigenvalue weighted by molar-refractivity contribution is 8.13. The van der Waals surface area contributed by atoms with E-state index < -0.39 is 6.09 Å². The van der Waals surface area contributed by atoms with Crippen molar-refractivity contribution in [2.45, 2.75) is 156 Å². The van der Waals surface area contributed by atoms with E-state index in [0.29, 0.717) is 11.2 Å². The van der Waals surface area contributed by atoms with Gasteiger partial charge in [-0.2, -0.15) is 0 Å². The largest absolute Gasteiger partial charge is 0.453 e. The van der Waals surface area contributed by atoms with Gasteiger partial charge >= 0.3 is 11.4 Å². The van der Waals surface area contributed by atoms with E-state index in [2.05, 4.69) is 56.9 Å². The second kappa shape index (κ2) is 17.2. The molecule has 2 amide bonds.